The molecule has 0 radical (unpaired) electrons. The fourth-order valence-electron chi connectivity index (χ4n) is 2.71. The van der Waals surface area contributed by atoms with Crippen LogP contribution in [0, 0.1) is 11.7 Å². The number of likely N-dealkylation sites (tertiary alicyclic amines) is 1. The lowest BCUT2D eigenvalue weighted by Gasteiger charge is -2.34. The van der Waals surface area contributed by atoms with E-state index in [0.717, 1.165) is 18.6 Å². The molecule has 0 saturated carbocycles. The average Bonchev–Trinajstić information content (AvgIpc) is 2.45. The summed E-state index contributed by atoms with van der Waals surface area (Å²) < 4.78 is 52.2. The molecule has 2 rings (SSSR count). The molecule has 1 aliphatic heterocycles. The van der Waals surface area contributed by atoms with Crippen LogP contribution in [0.3, 0.4) is 0 Å². The summed E-state index contributed by atoms with van der Waals surface area (Å²) >= 11 is 0. The largest absolute Gasteiger partial charge is 0.419 e. The topological polar surface area (TPSA) is 46.3 Å². The molecule has 1 aromatic rings. The van der Waals surface area contributed by atoms with Crippen molar-refractivity contribution in [1.29, 1.82) is 0 Å². The third-order valence-corrected chi connectivity index (χ3v) is 4.02. The number of piperidine rings is 1. The van der Waals surface area contributed by atoms with Crippen molar-refractivity contribution in [3.63, 3.8) is 0 Å². The number of nitrogens with two attached hydrogens (primary N) is 1. The van der Waals surface area contributed by atoms with Crippen LogP contribution in [0.15, 0.2) is 18.2 Å². The summed E-state index contributed by atoms with van der Waals surface area (Å²) in [5.74, 6) is -2.15. The minimum atomic E-state index is -4.82. The van der Waals surface area contributed by atoms with Crippen molar-refractivity contribution in [2.45, 2.75) is 32.0 Å². The van der Waals surface area contributed by atoms with Gasteiger partial charge in [0.25, 0.3) is 5.91 Å². The lowest BCUT2D eigenvalue weighted by molar-refractivity contribution is -0.140. The Balaban J connectivity index is 0.00000264. The monoisotopic (exact) mass is 354 g/mol. The smallest absolute Gasteiger partial charge is 0.338 e. The molecule has 1 saturated heterocycles. The molecule has 1 amide bonds. The first kappa shape index (κ1) is 19.7. The zero-order valence-electron chi connectivity index (χ0n) is 12.6. The molecule has 2 unspecified atom stereocenters. The van der Waals surface area contributed by atoms with E-state index in [4.69, 9.17) is 5.73 Å². The van der Waals surface area contributed by atoms with Crippen LogP contribution >= 0.6 is 12.4 Å². The lowest BCUT2D eigenvalue weighted by Crippen LogP contribution is -2.45. The molecule has 0 aromatic heterocycles. The number of nitrogens with zero attached hydrogens (tertiary/aromatic N) is 1. The minimum absolute atomic E-state index is 0. The molecule has 1 aliphatic rings. The van der Waals surface area contributed by atoms with E-state index >= 15 is 0 Å². The van der Waals surface area contributed by atoms with Crippen molar-refractivity contribution in [2.75, 3.05) is 13.1 Å². The van der Waals surface area contributed by atoms with Gasteiger partial charge in [0, 0.05) is 19.1 Å². The van der Waals surface area contributed by atoms with Gasteiger partial charge in [0.15, 0.2) is 0 Å². The van der Waals surface area contributed by atoms with E-state index in [1.54, 1.807) is 0 Å². The highest BCUT2D eigenvalue weighted by Crippen LogP contribution is 2.33. The van der Waals surface area contributed by atoms with Gasteiger partial charge in [0.1, 0.15) is 5.82 Å². The van der Waals surface area contributed by atoms with Gasteiger partial charge in [0.2, 0.25) is 0 Å². The first-order valence-corrected chi connectivity index (χ1v) is 7.12. The third kappa shape index (κ3) is 4.35. The van der Waals surface area contributed by atoms with Gasteiger partial charge in [-0.1, -0.05) is 6.07 Å². The predicted molar refractivity (Wildman–Crippen MR) is 80.9 cm³/mol. The fourth-order valence-corrected chi connectivity index (χ4v) is 2.71. The number of benzene rings is 1. The Labute approximate surface area is 138 Å². The maximum absolute atomic E-state index is 14.0. The number of carbonyl (C=O) groups is 1. The molecule has 3 nitrogen and oxygen atoms in total. The van der Waals surface area contributed by atoms with E-state index in [-0.39, 0.29) is 24.4 Å². The first-order chi connectivity index (χ1) is 10.2. The van der Waals surface area contributed by atoms with Crippen molar-refractivity contribution < 1.29 is 22.4 Å². The minimum Gasteiger partial charge on any atom is -0.338 e. The van der Waals surface area contributed by atoms with Crippen LogP contribution < -0.4 is 5.73 Å². The summed E-state index contributed by atoms with van der Waals surface area (Å²) in [4.78, 5) is 13.7. The van der Waals surface area contributed by atoms with Crippen molar-refractivity contribution in [2.24, 2.45) is 11.7 Å². The molecule has 23 heavy (non-hydrogen) atoms. The highest BCUT2D eigenvalue weighted by Gasteiger charge is 2.36. The molecule has 1 fully saturated rings. The second-order valence-corrected chi connectivity index (χ2v) is 5.68. The molecule has 0 aliphatic carbocycles. The molecule has 2 atom stereocenters. The highest BCUT2D eigenvalue weighted by atomic mass is 35.5. The van der Waals surface area contributed by atoms with Crippen LogP contribution in [-0.2, 0) is 6.18 Å². The summed E-state index contributed by atoms with van der Waals surface area (Å²) in [6.07, 6.45) is -3.26. The molecule has 2 N–H and O–H groups in total. The summed E-state index contributed by atoms with van der Waals surface area (Å²) in [7, 11) is 0. The second-order valence-electron chi connectivity index (χ2n) is 5.68. The normalized spacial score (nSPS) is 19.9. The second kappa shape index (κ2) is 7.49. The van der Waals surface area contributed by atoms with Gasteiger partial charge in [-0.05, 0) is 37.8 Å². The van der Waals surface area contributed by atoms with Crippen molar-refractivity contribution >= 4 is 18.3 Å². The summed E-state index contributed by atoms with van der Waals surface area (Å²) in [6.45, 7) is 2.56. The van der Waals surface area contributed by atoms with Gasteiger partial charge < -0.3 is 10.6 Å². The number of hydrogen-bond donors (Lipinski definition) is 1. The molecule has 1 aromatic carbocycles. The molecule has 130 valence electrons. The van der Waals surface area contributed by atoms with Crippen LogP contribution in [0.2, 0.25) is 0 Å². The Hall–Kier alpha value is -1.34. The summed E-state index contributed by atoms with van der Waals surface area (Å²) in [6, 6.07) is 2.64. The zero-order valence-corrected chi connectivity index (χ0v) is 13.4. The van der Waals surface area contributed by atoms with Crippen molar-refractivity contribution in [1.82, 2.24) is 4.90 Å². The SMILES string of the molecule is CC(N)C1CCCN(C(=O)c2cccc(C(F)(F)F)c2F)C1.Cl. The Morgan fingerprint density at radius 3 is 2.61 bits per heavy atom. The van der Waals surface area contributed by atoms with E-state index in [2.05, 4.69) is 0 Å². The molecule has 8 heteroatoms. The van der Waals surface area contributed by atoms with Crippen molar-refractivity contribution in [3.8, 4) is 0 Å². The van der Waals surface area contributed by atoms with Crippen LogP contribution in [-0.4, -0.2) is 29.9 Å². The van der Waals surface area contributed by atoms with E-state index in [1.807, 2.05) is 6.92 Å². The molecular formula is C15H19ClF4N2O. The van der Waals surface area contributed by atoms with E-state index in [9.17, 15) is 22.4 Å². The molecule has 1 heterocycles. The van der Waals surface area contributed by atoms with Gasteiger partial charge in [-0.3, -0.25) is 4.79 Å². The van der Waals surface area contributed by atoms with Crippen molar-refractivity contribution in [3.05, 3.63) is 35.1 Å². The average molecular weight is 355 g/mol. The predicted octanol–water partition coefficient (Wildman–Crippen LogP) is 3.47. The third-order valence-electron chi connectivity index (χ3n) is 4.02. The lowest BCUT2D eigenvalue weighted by atomic mass is 9.91. The van der Waals surface area contributed by atoms with Gasteiger partial charge >= 0.3 is 6.18 Å². The zero-order chi connectivity index (χ0) is 16.5. The standard InChI is InChI=1S/C15H18F4N2O.ClH/c1-9(20)10-4-3-7-21(8-10)14(22)11-5-2-6-12(13(11)16)15(17,18)19;/h2,5-6,9-10H,3-4,7-8,20H2,1H3;1H. The number of hydrogen-bond acceptors (Lipinski definition) is 2. The summed E-state index contributed by atoms with van der Waals surface area (Å²) in [5.41, 5.74) is 3.86. The molecule has 0 spiro atoms. The summed E-state index contributed by atoms with van der Waals surface area (Å²) in [5, 5.41) is 0. The van der Waals surface area contributed by atoms with Crippen LogP contribution in [0.25, 0.3) is 0 Å². The van der Waals surface area contributed by atoms with Crippen LogP contribution in [0.5, 0.6) is 0 Å². The Morgan fingerprint density at radius 1 is 1.39 bits per heavy atom. The molecule has 0 bridgehead atoms. The van der Waals surface area contributed by atoms with Gasteiger partial charge in [-0.15, -0.1) is 12.4 Å². The van der Waals surface area contributed by atoms with E-state index in [0.29, 0.717) is 25.6 Å². The van der Waals surface area contributed by atoms with E-state index in [1.165, 1.54) is 4.90 Å². The van der Waals surface area contributed by atoms with Crippen LogP contribution in [0.1, 0.15) is 35.7 Å². The quantitative estimate of drug-likeness (QED) is 0.827. The fraction of sp³-hybridized carbons (Fsp3) is 0.533. The van der Waals surface area contributed by atoms with Crippen LogP contribution in [0.4, 0.5) is 17.6 Å². The maximum atomic E-state index is 14.0. The maximum Gasteiger partial charge on any atom is 0.419 e. The highest BCUT2D eigenvalue weighted by molar-refractivity contribution is 5.94. The number of alkyl halides is 3. The van der Waals surface area contributed by atoms with E-state index < -0.39 is 29.0 Å². The Kier molecular flexibility index (Phi) is 6.41. The van der Waals surface area contributed by atoms with Gasteiger partial charge in [-0.2, -0.15) is 13.2 Å². The van der Waals surface area contributed by atoms with Gasteiger partial charge in [0.05, 0.1) is 11.1 Å². The molecular weight excluding hydrogens is 336 g/mol. The Bertz CT molecular complexity index is 563. The number of rotatable bonds is 2. The Morgan fingerprint density at radius 2 is 2.04 bits per heavy atom. The first-order valence-electron chi connectivity index (χ1n) is 7.12. The van der Waals surface area contributed by atoms with Gasteiger partial charge in [-0.25, -0.2) is 4.39 Å². The number of carbonyl (C=O) groups excluding carboxylic acids is 1. The number of amides is 1. The number of halogens is 5.